The van der Waals surface area contributed by atoms with Crippen LogP contribution in [0.4, 0.5) is 0 Å². The molecule has 0 saturated heterocycles. The van der Waals surface area contributed by atoms with Crippen LogP contribution in [0.3, 0.4) is 0 Å². The van der Waals surface area contributed by atoms with Gasteiger partial charge in [-0.1, -0.05) is 17.7 Å². The summed E-state index contributed by atoms with van der Waals surface area (Å²) < 4.78 is 0. The van der Waals surface area contributed by atoms with Crippen LogP contribution in [-0.4, -0.2) is 11.1 Å². The maximum Gasteiger partial charge on any atom is 0.373 e. The first-order valence-corrected chi connectivity index (χ1v) is 4.14. The van der Waals surface area contributed by atoms with E-state index in [9.17, 15) is 0 Å². The van der Waals surface area contributed by atoms with Crippen molar-refractivity contribution in [3.63, 3.8) is 0 Å². The minimum atomic E-state index is 0.250. The molecule has 0 fully saturated rings. The minimum absolute atomic E-state index is 0.250. The maximum absolute atomic E-state index is 8.12. The summed E-state index contributed by atoms with van der Waals surface area (Å²) in [6.45, 7) is 0. The first kappa shape index (κ1) is 10.4. The van der Waals surface area contributed by atoms with E-state index in [1.165, 1.54) is 5.39 Å². The Morgan fingerprint density at radius 3 is 2.57 bits per heavy atom. The SMILES string of the molecule is Clc1ccc2ccncc2c1.O=C=O. The van der Waals surface area contributed by atoms with Gasteiger partial charge in [0, 0.05) is 22.8 Å². The normalized spacial score (nSPS) is 8.64. The second-order valence-corrected chi connectivity index (χ2v) is 2.89. The molecule has 0 N–H and O–H groups in total. The fourth-order valence-corrected chi connectivity index (χ4v) is 1.24. The van der Waals surface area contributed by atoms with E-state index >= 15 is 0 Å². The quantitative estimate of drug-likeness (QED) is 0.666. The molecule has 0 aliphatic carbocycles. The van der Waals surface area contributed by atoms with Gasteiger partial charge >= 0.3 is 6.15 Å². The van der Waals surface area contributed by atoms with Crippen molar-refractivity contribution in [1.82, 2.24) is 4.98 Å². The summed E-state index contributed by atoms with van der Waals surface area (Å²) in [5.41, 5.74) is 0. The zero-order chi connectivity index (χ0) is 10.4. The van der Waals surface area contributed by atoms with E-state index in [0.29, 0.717) is 0 Å². The summed E-state index contributed by atoms with van der Waals surface area (Å²) in [4.78, 5) is 20.2. The molecule has 1 heterocycles. The molecule has 0 unspecified atom stereocenters. The second kappa shape index (κ2) is 5.12. The zero-order valence-corrected chi connectivity index (χ0v) is 7.86. The molecule has 14 heavy (non-hydrogen) atoms. The van der Waals surface area contributed by atoms with E-state index in [2.05, 4.69) is 4.98 Å². The Kier molecular flexibility index (Phi) is 3.80. The van der Waals surface area contributed by atoms with Crippen molar-refractivity contribution in [3.8, 4) is 0 Å². The molecular formula is C10H6ClNO2. The van der Waals surface area contributed by atoms with Crippen LogP contribution < -0.4 is 0 Å². The summed E-state index contributed by atoms with van der Waals surface area (Å²) in [6, 6.07) is 7.73. The molecular weight excluding hydrogens is 202 g/mol. The lowest BCUT2D eigenvalue weighted by atomic mass is 10.2. The van der Waals surface area contributed by atoms with Crippen molar-refractivity contribution in [2.24, 2.45) is 0 Å². The van der Waals surface area contributed by atoms with Gasteiger partial charge in [-0.15, -0.1) is 0 Å². The zero-order valence-electron chi connectivity index (χ0n) is 7.11. The van der Waals surface area contributed by atoms with Gasteiger partial charge in [0.1, 0.15) is 0 Å². The Hall–Kier alpha value is -1.70. The van der Waals surface area contributed by atoms with Gasteiger partial charge in [-0.05, 0) is 23.6 Å². The largest absolute Gasteiger partial charge is 0.373 e. The van der Waals surface area contributed by atoms with Gasteiger partial charge in [0.05, 0.1) is 0 Å². The number of benzene rings is 1. The van der Waals surface area contributed by atoms with Gasteiger partial charge in [0.15, 0.2) is 0 Å². The predicted molar refractivity (Wildman–Crippen MR) is 51.8 cm³/mol. The van der Waals surface area contributed by atoms with Gasteiger partial charge in [0.25, 0.3) is 0 Å². The molecule has 1 aromatic carbocycles. The molecule has 2 aromatic rings. The van der Waals surface area contributed by atoms with Crippen LogP contribution in [-0.2, 0) is 9.59 Å². The molecule has 0 radical (unpaired) electrons. The predicted octanol–water partition coefficient (Wildman–Crippen LogP) is 2.30. The third-order valence-electron chi connectivity index (χ3n) is 1.60. The number of nitrogens with zero attached hydrogens (tertiary/aromatic N) is 1. The maximum atomic E-state index is 8.12. The van der Waals surface area contributed by atoms with Gasteiger partial charge < -0.3 is 0 Å². The molecule has 0 aliphatic rings. The Labute approximate surface area is 85.3 Å². The molecule has 0 amide bonds. The molecule has 0 bridgehead atoms. The van der Waals surface area contributed by atoms with Gasteiger partial charge in [-0.2, -0.15) is 9.59 Å². The van der Waals surface area contributed by atoms with E-state index in [4.69, 9.17) is 21.2 Å². The third-order valence-corrected chi connectivity index (χ3v) is 1.84. The van der Waals surface area contributed by atoms with Crippen molar-refractivity contribution in [2.45, 2.75) is 0 Å². The molecule has 4 heteroatoms. The lowest BCUT2D eigenvalue weighted by Crippen LogP contribution is -1.73. The molecule has 3 nitrogen and oxygen atoms in total. The third kappa shape index (κ3) is 2.66. The number of hydrogen-bond donors (Lipinski definition) is 0. The van der Waals surface area contributed by atoms with Crippen molar-refractivity contribution in [3.05, 3.63) is 41.7 Å². The molecule has 1 aromatic heterocycles. The topological polar surface area (TPSA) is 47.0 Å². The highest BCUT2D eigenvalue weighted by atomic mass is 35.5. The lowest BCUT2D eigenvalue weighted by Gasteiger charge is -1.94. The first-order chi connectivity index (χ1) is 6.77. The number of aromatic nitrogens is 1. The van der Waals surface area contributed by atoms with Crippen molar-refractivity contribution in [1.29, 1.82) is 0 Å². The second-order valence-electron chi connectivity index (χ2n) is 2.45. The summed E-state index contributed by atoms with van der Waals surface area (Å²) in [7, 11) is 0. The number of pyridine rings is 1. The van der Waals surface area contributed by atoms with Crippen LogP contribution in [0, 0.1) is 0 Å². The average molecular weight is 208 g/mol. The average Bonchev–Trinajstić information content (AvgIpc) is 2.19. The summed E-state index contributed by atoms with van der Waals surface area (Å²) in [6.07, 6.45) is 3.83. The summed E-state index contributed by atoms with van der Waals surface area (Å²) in [5, 5.41) is 3.01. The van der Waals surface area contributed by atoms with E-state index in [1.54, 1.807) is 12.4 Å². The van der Waals surface area contributed by atoms with E-state index < -0.39 is 0 Å². The molecule has 0 spiro atoms. The highest BCUT2D eigenvalue weighted by molar-refractivity contribution is 6.31. The summed E-state index contributed by atoms with van der Waals surface area (Å²) in [5.74, 6) is 0. The van der Waals surface area contributed by atoms with E-state index in [-0.39, 0.29) is 6.15 Å². The van der Waals surface area contributed by atoms with Crippen molar-refractivity contribution >= 4 is 28.5 Å². The Balaban J connectivity index is 0.000000293. The first-order valence-electron chi connectivity index (χ1n) is 3.76. The number of carbonyl (C=O) groups excluding carboxylic acids is 2. The van der Waals surface area contributed by atoms with Gasteiger partial charge in [-0.3, -0.25) is 4.98 Å². The fraction of sp³-hybridized carbons (Fsp3) is 0. The number of halogens is 1. The van der Waals surface area contributed by atoms with Crippen LogP contribution in [0.25, 0.3) is 10.8 Å². The van der Waals surface area contributed by atoms with Gasteiger partial charge in [0.2, 0.25) is 0 Å². The van der Waals surface area contributed by atoms with Crippen LogP contribution >= 0.6 is 11.6 Å². The summed E-state index contributed by atoms with van der Waals surface area (Å²) >= 11 is 5.79. The van der Waals surface area contributed by atoms with Gasteiger partial charge in [-0.25, -0.2) is 0 Å². The molecule has 0 atom stereocenters. The number of hydrogen-bond acceptors (Lipinski definition) is 3. The monoisotopic (exact) mass is 207 g/mol. The van der Waals surface area contributed by atoms with E-state index in [1.807, 2.05) is 24.3 Å². The molecule has 70 valence electrons. The van der Waals surface area contributed by atoms with Crippen LogP contribution in [0.1, 0.15) is 0 Å². The highest BCUT2D eigenvalue weighted by Gasteiger charge is 1.91. The Morgan fingerprint density at radius 1 is 1.14 bits per heavy atom. The van der Waals surface area contributed by atoms with Crippen LogP contribution in [0.5, 0.6) is 0 Å². The Bertz CT molecular complexity index is 464. The lowest BCUT2D eigenvalue weighted by molar-refractivity contribution is -0.191. The smallest absolute Gasteiger partial charge is 0.264 e. The van der Waals surface area contributed by atoms with Crippen molar-refractivity contribution in [2.75, 3.05) is 0 Å². The fourth-order valence-electron chi connectivity index (χ4n) is 1.06. The Morgan fingerprint density at radius 2 is 1.86 bits per heavy atom. The standard InChI is InChI=1S/C9H6ClN.CO2/c10-9-2-1-7-3-4-11-6-8(7)5-9;2-1-3/h1-6H;. The van der Waals surface area contributed by atoms with Crippen LogP contribution in [0.15, 0.2) is 36.7 Å². The van der Waals surface area contributed by atoms with Crippen LogP contribution in [0.2, 0.25) is 5.02 Å². The number of rotatable bonds is 0. The van der Waals surface area contributed by atoms with Crippen molar-refractivity contribution < 1.29 is 9.59 Å². The highest BCUT2D eigenvalue weighted by Crippen LogP contribution is 2.17. The minimum Gasteiger partial charge on any atom is -0.264 e. The number of fused-ring (bicyclic) bond motifs is 1. The van der Waals surface area contributed by atoms with E-state index in [0.717, 1.165) is 10.4 Å². The molecule has 0 aliphatic heterocycles. The molecule has 2 rings (SSSR count). The molecule has 0 saturated carbocycles.